The van der Waals surface area contributed by atoms with Crippen LogP contribution in [0.5, 0.6) is 0 Å². The third kappa shape index (κ3) is 72.0. The number of nitrogens with one attached hydrogen (secondary N) is 4. The number of hydrogen-bond donors (Lipinski definition) is 4. The molecular weight excluding hydrogens is 1390 g/mol. The molecule has 0 aromatic carbocycles. The fourth-order valence-corrected chi connectivity index (χ4v) is 15.1. The Balaban J connectivity index is 2.96. The van der Waals surface area contributed by atoms with Gasteiger partial charge in [-0.2, -0.15) is 0 Å². The summed E-state index contributed by atoms with van der Waals surface area (Å²) < 4.78 is 30.3. The Kier molecular flexibility index (Phi) is 77.6. The molecule has 111 heavy (non-hydrogen) atoms. The van der Waals surface area contributed by atoms with Gasteiger partial charge in [-0.25, -0.2) is 0 Å². The third-order valence-corrected chi connectivity index (χ3v) is 22.3. The molecule has 17 nitrogen and oxygen atoms in total. The zero-order valence-electron chi connectivity index (χ0n) is 72.8. The summed E-state index contributed by atoms with van der Waals surface area (Å²) in [5, 5.41) is 11.8. The van der Waals surface area contributed by atoms with Crippen molar-refractivity contribution < 1.29 is 62.0 Å². The van der Waals surface area contributed by atoms with Crippen LogP contribution in [0.1, 0.15) is 490 Å². The van der Waals surface area contributed by atoms with E-state index in [1.165, 1.54) is 308 Å². The summed E-state index contributed by atoms with van der Waals surface area (Å²) in [5.41, 5.74) is 0. The van der Waals surface area contributed by atoms with E-state index in [0.717, 1.165) is 77.0 Å². The van der Waals surface area contributed by atoms with Crippen molar-refractivity contribution in [1.29, 1.82) is 0 Å². The zero-order chi connectivity index (χ0) is 80.4. The van der Waals surface area contributed by atoms with Crippen LogP contribution < -0.4 is 21.3 Å². The van der Waals surface area contributed by atoms with Gasteiger partial charge < -0.3 is 45.0 Å². The third-order valence-electron chi connectivity index (χ3n) is 22.3. The topological polar surface area (TPSA) is 231 Å². The molecule has 0 spiro atoms. The summed E-state index contributed by atoms with van der Waals surface area (Å²) in [6, 6.07) is 0. The average molecular weight is 1570 g/mol. The van der Waals surface area contributed by atoms with E-state index >= 15 is 0 Å². The highest BCUT2D eigenvalue weighted by atomic mass is 16.7. The number of unbranched alkanes of at least 4 members (excludes halogenated alkanes) is 56. The van der Waals surface area contributed by atoms with Crippen LogP contribution >= 0.6 is 0 Å². The van der Waals surface area contributed by atoms with Crippen LogP contribution in [0.2, 0.25) is 0 Å². The summed E-state index contributed by atoms with van der Waals surface area (Å²) in [5.74, 6) is -2.81. The van der Waals surface area contributed by atoms with E-state index in [1.807, 2.05) is 0 Å². The highest BCUT2D eigenvalue weighted by Crippen LogP contribution is 2.28. The molecule has 0 aliphatic carbocycles. The van der Waals surface area contributed by atoms with Crippen molar-refractivity contribution in [3.63, 3.8) is 0 Å². The first kappa shape index (κ1) is 105. The van der Waals surface area contributed by atoms with E-state index in [4.69, 9.17) is 23.7 Å². The Morgan fingerprint density at radius 3 is 0.667 bits per heavy atom. The second-order valence-corrected chi connectivity index (χ2v) is 33.1. The maximum Gasteiger partial charge on any atom is 0.306 e. The number of hydrogen-bond acceptors (Lipinski definition) is 13. The minimum absolute atomic E-state index is 0.00377. The summed E-state index contributed by atoms with van der Waals surface area (Å²) in [6.45, 7) is 9.43. The van der Waals surface area contributed by atoms with Crippen LogP contribution in [-0.2, 0) is 62.0 Å². The van der Waals surface area contributed by atoms with E-state index in [0.29, 0.717) is 45.1 Å². The fraction of sp³-hybridized carbons (Fsp3) is 0.915. The monoisotopic (exact) mass is 1570 g/mol. The normalized spacial score (nSPS) is 14.8. The molecule has 1 aliphatic rings. The first-order valence-electron chi connectivity index (χ1n) is 47.9. The largest absolute Gasteiger partial charge is 0.463 e. The molecule has 0 bridgehead atoms. The Bertz CT molecular complexity index is 2170. The molecule has 1 fully saturated rings. The van der Waals surface area contributed by atoms with Crippen LogP contribution in [0.25, 0.3) is 0 Å². The molecule has 0 unspecified atom stereocenters. The molecular formula is C94H176N4O13. The van der Waals surface area contributed by atoms with Crippen LogP contribution in [0, 0.1) is 0 Å². The van der Waals surface area contributed by atoms with Crippen molar-refractivity contribution in [2.75, 3.05) is 39.4 Å². The molecule has 0 aromatic heterocycles. The predicted molar refractivity (Wildman–Crippen MR) is 457 cm³/mol. The van der Waals surface area contributed by atoms with E-state index < -0.39 is 48.3 Å². The van der Waals surface area contributed by atoms with Crippen LogP contribution in [0.4, 0.5) is 0 Å². The molecule has 1 heterocycles. The van der Waals surface area contributed by atoms with Crippen LogP contribution in [0.3, 0.4) is 0 Å². The number of amides is 4. The molecule has 1 aliphatic heterocycles. The van der Waals surface area contributed by atoms with Crippen molar-refractivity contribution in [3.8, 4) is 0 Å². The lowest BCUT2D eigenvalue weighted by Gasteiger charge is -2.40. The Morgan fingerprint density at radius 1 is 0.234 bits per heavy atom. The maximum atomic E-state index is 13.9. The van der Waals surface area contributed by atoms with E-state index in [1.54, 1.807) is 0 Å². The summed E-state index contributed by atoms with van der Waals surface area (Å²) in [4.78, 5) is 106. The molecule has 4 amide bonds. The lowest BCUT2D eigenvalue weighted by atomic mass is 9.99. The van der Waals surface area contributed by atoms with Gasteiger partial charge in [-0.15, -0.1) is 0 Å². The van der Waals surface area contributed by atoms with Gasteiger partial charge in [-0.1, -0.05) is 387 Å². The minimum Gasteiger partial charge on any atom is -0.463 e. The van der Waals surface area contributed by atoms with Crippen molar-refractivity contribution in [2.24, 2.45) is 0 Å². The zero-order valence-corrected chi connectivity index (χ0v) is 72.8. The summed E-state index contributed by atoms with van der Waals surface area (Å²) in [6.07, 6.45) is 72.2. The summed E-state index contributed by atoms with van der Waals surface area (Å²) >= 11 is 0. The van der Waals surface area contributed by atoms with Gasteiger partial charge in [-0.05, 0) is 51.4 Å². The Hall–Kier alpha value is -4.28. The van der Waals surface area contributed by atoms with Gasteiger partial charge in [0, 0.05) is 77.5 Å². The van der Waals surface area contributed by atoms with Gasteiger partial charge in [-0.3, -0.25) is 38.4 Å². The SMILES string of the molecule is CCCCCCCCCCCCCCCCCC(=O)NCCCC(=O)OC[C@H]1OC[C@H](OC(=O)CCCNC(=O)CCCCCCCCCCCCCCCCC)[C@@H](OC(=O)CCCNC(=O)CCCCCCCCCCCCCCCCC)[C@@H]1OC(=O)CCCNC(=O)CCCCCCCCCCCCCCCCC. The fourth-order valence-electron chi connectivity index (χ4n) is 15.1. The number of ether oxygens (including phenoxy) is 5. The number of carbonyl (C=O) groups excluding carboxylic acids is 8. The van der Waals surface area contributed by atoms with Gasteiger partial charge in [0.2, 0.25) is 23.6 Å². The first-order chi connectivity index (χ1) is 54.4. The second-order valence-electron chi connectivity index (χ2n) is 33.1. The molecule has 650 valence electrons. The minimum atomic E-state index is -1.38. The molecule has 0 saturated carbocycles. The van der Waals surface area contributed by atoms with Gasteiger partial charge in [0.25, 0.3) is 0 Å². The van der Waals surface area contributed by atoms with Gasteiger partial charge in [0.05, 0.1) is 6.61 Å². The van der Waals surface area contributed by atoms with Crippen molar-refractivity contribution >= 4 is 47.5 Å². The second kappa shape index (κ2) is 82.3. The molecule has 17 heteroatoms. The van der Waals surface area contributed by atoms with E-state index in [9.17, 15) is 38.4 Å². The lowest BCUT2D eigenvalue weighted by molar-refractivity contribution is -0.233. The van der Waals surface area contributed by atoms with E-state index in [2.05, 4.69) is 49.0 Å². The highest BCUT2D eigenvalue weighted by molar-refractivity contribution is 5.77. The van der Waals surface area contributed by atoms with E-state index in [-0.39, 0.29) is 95.0 Å². The van der Waals surface area contributed by atoms with Crippen LogP contribution in [-0.4, -0.2) is 111 Å². The quantitative estimate of drug-likeness (QED) is 0.0253. The molecule has 1 rings (SSSR count). The lowest BCUT2D eigenvalue weighted by Crippen LogP contribution is -2.59. The van der Waals surface area contributed by atoms with Crippen LogP contribution in [0.15, 0.2) is 0 Å². The van der Waals surface area contributed by atoms with Gasteiger partial charge in [0.1, 0.15) is 12.7 Å². The van der Waals surface area contributed by atoms with Gasteiger partial charge in [0.15, 0.2) is 18.3 Å². The standard InChI is InChI=1S/C94H176N4O13/c1-5-9-13-17-21-25-29-33-37-41-45-49-53-57-61-69-85(99)95-77-65-73-89(103)108-81-83-93(110-91(105)75-67-79-97-87(101)71-63-59-55-51-47-43-39-35-31-27-23-19-15-11-7-3)94(111-92(106)76-68-80-98-88(102)72-64-60-56-52-48-44-40-36-32-28-24-20-16-12-8-4)84(82-107-83)109-90(104)74-66-78-96-86(100)70-62-58-54-50-46-42-38-34-30-26-22-18-14-10-6-2/h83-84,93-94H,5-82H2,1-4H3,(H,95,99)(H,96,100)(H,97,101)(H,98,102)/t83-,84+,93-,94-/m1/s1. The molecule has 4 N–H and O–H groups in total. The van der Waals surface area contributed by atoms with Crippen molar-refractivity contribution in [2.45, 2.75) is 514 Å². The number of carbonyl (C=O) groups is 8. The van der Waals surface area contributed by atoms with Gasteiger partial charge >= 0.3 is 23.9 Å². The predicted octanol–water partition coefficient (Wildman–Crippen LogP) is 24.3. The highest BCUT2D eigenvalue weighted by Gasteiger charge is 2.48. The molecule has 4 atom stereocenters. The van der Waals surface area contributed by atoms with Crippen molar-refractivity contribution in [3.05, 3.63) is 0 Å². The molecule has 1 saturated heterocycles. The first-order valence-corrected chi connectivity index (χ1v) is 47.9. The molecule has 0 aromatic rings. The maximum absolute atomic E-state index is 13.9. The van der Waals surface area contributed by atoms with Crippen molar-refractivity contribution in [1.82, 2.24) is 21.3 Å². The smallest absolute Gasteiger partial charge is 0.306 e. The number of esters is 4. The molecule has 0 radical (unpaired) electrons. The Labute approximate surface area is 681 Å². The average Bonchev–Trinajstić information content (AvgIpc) is 0.805. The Morgan fingerprint density at radius 2 is 0.432 bits per heavy atom. The summed E-state index contributed by atoms with van der Waals surface area (Å²) in [7, 11) is 0. The number of rotatable bonds is 85.